The molecule has 1 aromatic heterocycles. The zero-order valence-corrected chi connectivity index (χ0v) is 14.0. The van der Waals surface area contributed by atoms with Gasteiger partial charge in [0.05, 0.1) is 23.0 Å². The van der Waals surface area contributed by atoms with Crippen molar-refractivity contribution in [3.63, 3.8) is 0 Å². The highest BCUT2D eigenvalue weighted by molar-refractivity contribution is 5.91. The van der Waals surface area contributed by atoms with E-state index in [4.69, 9.17) is 0 Å². The molecule has 0 spiro atoms. The van der Waals surface area contributed by atoms with Crippen molar-refractivity contribution in [3.8, 4) is 16.8 Å². The molecule has 26 heavy (non-hydrogen) atoms. The normalized spacial score (nSPS) is 11.0. The van der Waals surface area contributed by atoms with E-state index in [9.17, 15) is 14.3 Å². The highest BCUT2D eigenvalue weighted by Crippen LogP contribution is 2.30. The zero-order chi connectivity index (χ0) is 18.3. The van der Waals surface area contributed by atoms with Crippen molar-refractivity contribution in [1.82, 2.24) is 9.78 Å². The molecule has 128 valence electrons. The largest absolute Gasteiger partial charge is 0.478 e. The standard InChI is InChI=1S/C21H15FN2O2/c1-13-18(10-15(21(25)26)11-19(13)22)14-7-8-20-16(9-14)12-23-24(20)17-5-3-2-4-6-17/h2-12H,1H3,(H,25,26). The molecule has 0 bridgehead atoms. The molecule has 0 saturated heterocycles. The number of carboxylic acids is 1. The molecule has 1 heterocycles. The number of benzene rings is 3. The minimum Gasteiger partial charge on any atom is -0.478 e. The maximum Gasteiger partial charge on any atom is 0.335 e. The predicted molar refractivity (Wildman–Crippen MR) is 98.2 cm³/mol. The number of aromatic nitrogens is 2. The Balaban J connectivity index is 1.86. The van der Waals surface area contributed by atoms with Gasteiger partial charge in [0.2, 0.25) is 0 Å². The van der Waals surface area contributed by atoms with Gasteiger partial charge in [-0.15, -0.1) is 0 Å². The molecule has 0 aliphatic rings. The summed E-state index contributed by atoms with van der Waals surface area (Å²) in [6.07, 6.45) is 1.75. The first-order valence-electron chi connectivity index (χ1n) is 8.11. The minimum atomic E-state index is -1.15. The molecule has 4 rings (SSSR count). The lowest BCUT2D eigenvalue weighted by atomic mass is 9.96. The van der Waals surface area contributed by atoms with E-state index >= 15 is 0 Å². The van der Waals surface area contributed by atoms with Gasteiger partial charge < -0.3 is 5.11 Å². The van der Waals surface area contributed by atoms with Gasteiger partial charge in [-0.05, 0) is 60.0 Å². The van der Waals surface area contributed by atoms with Gasteiger partial charge in [0, 0.05) is 5.39 Å². The molecule has 0 radical (unpaired) electrons. The van der Waals surface area contributed by atoms with Crippen LogP contribution >= 0.6 is 0 Å². The highest BCUT2D eigenvalue weighted by Gasteiger charge is 2.14. The number of carbonyl (C=O) groups is 1. The monoisotopic (exact) mass is 346 g/mol. The molecule has 4 aromatic rings. The van der Waals surface area contributed by atoms with E-state index in [2.05, 4.69) is 5.10 Å². The van der Waals surface area contributed by atoms with E-state index in [1.807, 2.05) is 53.2 Å². The van der Waals surface area contributed by atoms with E-state index < -0.39 is 11.8 Å². The van der Waals surface area contributed by atoms with Crippen LogP contribution in [0.15, 0.2) is 66.9 Å². The maximum absolute atomic E-state index is 14.1. The first kappa shape index (κ1) is 16.0. The number of rotatable bonds is 3. The summed E-state index contributed by atoms with van der Waals surface area (Å²) < 4.78 is 16.0. The summed E-state index contributed by atoms with van der Waals surface area (Å²) in [4.78, 5) is 11.2. The molecule has 0 aliphatic carbocycles. The Bertz CT molecular complexity index is 1130. The zero-order valence-electron chi connectivity index (χ0n) is 14.0. The fraction of sp³-hybridized carbons (Fsp3) is 0.0476. The minimum absolute atomic E-state index is 0.0665. The fourth-order valence-corrected chi connectivity index (χ4v) is 3.08. The maximum atomic E-state index is 14.1. The summed E-state index contributed by atoms with van der Waals surface area (Å²) in [6.45, 7) is 1.65. The molecule has 3 aromatic carbocycles. The van der Waals surface area contributed by atoms with E-state index in [0.717, 1.165) is 28.2 Å². The Morgan fingerprint density at radius 3 is 2.58 bits per heavy atom. The van der Waals surface area contributed by atoms with Crippen LogP contribution in [-0.2, 0) is 0 Å². The molecule has 5 heteroatoms. The summed E-state index contributed by atoms with van der Waals surface area (Å²) >= 11 is 0. The molecule has 4 nitrogen and oxygen atoms in total. The van der Waals surface area contributed by atoms with E-state index in [-0.39, 0.29) is 5.56 Å². The quantitative estimate of drug-likeness (QED) is 0.577. The molecule has 0 amide bonds. The van der Waals surface area contributed by atoms with Crippen molar-refractivity contribution < 1.29 is 14.3 Å². The van der Waals surface area contributed by atoms with E-state index in [1.54, 1.807) is 13.1 Å². The van der Waals surface area contributed by atoms with Gasteiger partial charge in [-0.1, -0.05) is 24.3 Å². The summed E-state index contributed by atoms with van der Waals surface area (Å²) in [5.74, 6) is -1.68. The summed E-state index contributed by atoms with van der Waals surface area (Å²) in [5, 5.41) is 14.5. The molecule has 0 fully saturated rings. The lowest BCUT2D eigenvalue weighted by Crippen LogP contribution is -2.00. The van der Waals surface area contributed by atoms with Gasteiger partial charge in [-0.2, -0.15) is 5.10 Å². The number of fused-ring (bicyclic) bond motifs is 1. The molecular formula is C21H15FN2O2. The van der Waals surface area contributed by atoms with Crippen LogP contribution in [0.1, 0.15) is 15.9 Å². The number of nitrogens with zero attached hydrogens (tertiary/aromatic N) is 2. The predicted octanol–water partition coefficient (Wildman–Crippen LogP) is 4.84. The second-order valence-corrected chi connectivity index (χ2v) is 6.10. The van der Waals surface area contributed by atoms with Crippen molar-refractivity contribution in [1.29, 1.82) is 0 Å². The van der Waals surface area contributed by atoms with Gasteiger partial charge in [0.25, 0.3) is 0 Å². The summed E-state index contributed by atoms with van der Waals surface area (Å²) in [5.41, 5.74) is 3.55. The Labute approximate surface area is 149 Å². The molecule has 0 aliphatic heterocycles. The number of aromatic carboxylic acids is 1. The first-order chi connectivity index (χ1) is 12.5. The number of hydrogen-bond donors (Lipinski definition) is 1. The smallest absolute Gasteiger partial charge is 0.335 e. The Morgan fingerprint density at radius 1 is 1.08 bits per heavy atom. The van der Waals surface area contributed by atoms with Gasteiger partial charge in [0.15, 0.2) is 0 Å². The van der Waals surface area contributed by atoms with E-state index in [1.165, 1.54) is 6.07 Å². The van der Waals surface area contributed by atoms with Crippen LogP contribution in [0, 0.1) is 12.7 Å². The van der Waals surface area contributed by atoms with Crippen molar-refractivity contribution in [2.45, 2.75) is 6.92 Å². The molecule has 0 atom stereocenters. The fourth-order valence-electron chi connectivity index (χ4n) is 3.08. The van der Waals surface area contributed by atoms with Crippen molar-refractivity contribution >= 4 is 16.9 Å². The number of carboxylic acid groups (broad SMARTS) is 1. The Kier molecular flexibility index (Phi) is 3.77. The van der Waals surface area contributed by atoms with Gasteiger partial charge in [-0.3, -0.25) is 0 Å². The number of halogens is 1. The second-order valence-electron chi connectivity index (χ2n) is 6.10. The van der Waals surface area contributed by atoms with Gasteiger partial charge in [0.1, 0.15) is 5.82 Å². The lowest BCUT2D eigenvalue weighted by molar-refractivity contribution is 0.0696. The van der Waals surface area contributed by atoms with Crippen LogP contribution in [0.4, 0.5) is 4.39 Å². The Morgan fingerprint density at radius 2 is 1.85 bits per heavy atom. The summed E-state index contributed by atoms with van der Waals surface area (Å²) in [6, 6.07) is 18.0. The summed E-state index contributed by atoms with van der Waals surface area (Å²) in [7, 11) is 0. The van der Waals surface area contributed by atoms with Crippen LogP contribution in [-0.4, -0.2) is 20.9 Å². The lowest BCUT2D eigenvalue weighted by Gasteiger charge is -2.10. The van der Waals surface area contributed by atoms with Crippen LogP contribution in [0.2, 0.25) is 0 Å². The van der Waals surface area contributed by atoms with Gasteiger partial charge in [-0.25, -0.2) is 13.9 Å². The topological polar surface area (TPSA) is 55.1 Å². The molecular weight excluding hydrogens is 331 g/mol. The van der Waals surface area contributed by atoms with Crippen molar-refractivity contribution in [2.24, 2.45) is 0 Å². The first-order valence-corrected chi connectivity index (χ1v) is 8.11. The van der Waals surface area contributed by atoms with Crippen LogP contribution in [0.25, 0.3) is 27.7 Å². The average molecular weight is 346 g/mol. The molecule has 1 N–H and O–H groups in total. The highest BCUT2D eigenvalue weighted by atomic mass is 19.1. The molecule has 0 saturated carbocycles. The average Bonchev–Trinajstić information content (AvgIpc) is 3.07. The van der Waals surface area contributed by atoms with E-state index in [0.29, 0.717) is 11.1 Å². The van der Waals surface area contributed by atoms with Crippen molar-refractivity contribution in [2.75, 3.05) is 0 Å². The second kappa shape index (κ2) is 6.11. The third-order valence-electron chi connectivity index (χ3n) is 4.47. The van der Waals surface area contributed by atoms with Gasteiger partial charge >= 0.3 is 5.97 Å². The van der Waals surface area contributed by atoms with Crippen LogP contribution in [0.3, 0.4) is 0 Å². The number of para-hydroxylation sites is 1. The van der Waals surface area contributed by atoms with Crippen molar-refractivity contribution in [3.05, 3.63) is 83.8 Å². The third-order valence-corrected chi connectivity index (χ3v) is 4.47. The third kappa shape index (κ3) is 2.63. The molecule has 0 unspecified atom stereocenters. The SMILES string of the molecule is Cc1c(F)cc(C(=O)O)cc1-c1ccc2c(cnn2-c2ccccc2)c1. The van der Waals surface area contributed by atoms with Crippen LogP contribution < -0.4 is 0 Å². The Hall–Kier alpha value is -3.47. The number of hydrogen-bond acceptors (Lipinski definition) is 2. The van der Waals surface area contributed by atoms with Crippen LogP contribution in [0.5, 0.6) is 0 Å².